The number of benzene rings is 2. The van der Waals surface area contributed by atoms with Crippen molar-refractivity contribution in [2.45, 2.75) is 25.8 Å². The first-order chi connectivity index (χ1) is 15.1. The molecule has 0 aliphatic carbocycles. The number of para-hydroxylation sites is 2. The largest absolute Gasteiger partial charge is 0.492 e. The van der Waals surface area contributed by atoms with Gasteiger partial charge in [-0.15, -0.1) is 0 Å². The van der Waals surface area contributed by atoms with Gasteiger partial charge < -0.3 is 25.6 Å². The van der Waals surface area contributed by atoms with Crippen molar-refractivity contribution in [1.82, 2.24) is 15.5 Å². The zero-order valence-corrected chi connectivity index (χ0v) is 18.6. The van der Waals surface area contributed by atoms with E-state index in [1.807, 2.05) is 63.5 Å². The number of hydrogen-bond acceptors (Lipinski definition) is 4. The fraction of sp³-hybridized carbons (Fsp3) is 0.417. The quantitative estimate of drug-likeness (QED) is 0.427. The van der Waals surface area contributed by atoms with Gasteiger partial charge >= 0.3 is 0 Å². The second-order valence-corrected chi connectivity index (χ2v) is 7.87. The maximum Gasteiger partial charge on any atom is 0.225 e. The highest BCUT2D eigenvalue weighted by atomic mass is 16.5. The fourth-order valence-electron chi connectivity index (χ4n) is 3.52. The average molecular weight is 424 g/mol. The summed E-state index contributed by atoms with van der Waals surface area (Å²) in [6.45, 7) is 5.44. The van der Waals surface area contributed by atoms with Gasteiger partial charge in [0.2, 0.25) is 5.91 Å². The van der Waals surface area contributed by atoms with Crippen molar-refractivity contribution in [3.05, 3.63) is 59.7 Å². The number of ether oxygens (including phenoxy) is 1. The van der Waals surface area contributed by atoms with E-state index in [9.17, 15) is 4.79 Å². The van der Waals surface area contributed by atoms with Crippen LogP contribution >= 0.6 is 0 Å². The highest BCUT2D eigenvalue weighted by molar-refractivity contribution is 5.94. The Morgan fingerprint density at radius 3 is 2.74 bits per heavy atom. The predicted molar refractivity (Wildman–Crippen MR) is 126 cm³/mol. The van der Waals surface area contributed by atoms with Gasteiger partial charge in [-0.2, -0.15) is 0 Å². The van der Waals surface area contributed by atoms with Crippen LogP contribution in [0.25, 0.3) is 0 Å². The second-order valence-electron chi connectivity index (χ2n) is 7.87. The summed E-state index contributed by atoms with van der Waals surface area (Å²) in [6.07, 6.45) is 0.464. The van der Waals surface area contributed by atoms with Gasteiger partial charge in [0.05, 0.1) is 6.54 Å². The molecule has 0 fully saturated rings. The van der Waals surface area contributed by atoms with E-state index < -0.39 is 0 Å². The number of carbonyl (C=O) groups is 1. The number of anilines is 1. The summed E-state index contributed by atoms with van der Waals surface area (Å²) < 4.78 is 5.95. The van der Waals surface area contributed by atoms with Gasteiger partial charge in [0.15, 0.2) is 5.96 Å². The molecule has 31 heavy (non-hydrogen) atoms. The number of rotatable bonds is 9. The Bertz CT molecular complexity index is 897. The minimum absolute atomic E-state index is 0.0521. The summed E-state index contributed by atoms with van der Waals surface area (Å²) in [5.41, 5.74) is 3.10. The van der Waals surface area contributed by atoms with Crippen LogP contribution in [-0.2, 0) is 11.3 Å². The Balaban J connectivity index is 1.65. The molecule has 0 aromatic heterocycles. The van der Waals surface area contributed by atoms with E-state index in [0.29, 0.717) is 26.1 Å². The monoisotopic (exact) mass is 423 g/mol. The van der Waals surface area contributed by atoms with Crippen molar-refractivity contribution >= 4 is 17.6 Å². The lowest BCUT2D eigenvalue weighted by atomic mass is 9.90. The van der Waals surface area contributed by atoms with Crippen LogP contribution in [0.1, 0.15) is 30.4 Å². The predicted octanol–water partition coefficient (Wildman–Crippen LogP) is 2.81. The first-order valence-electron chi connectivity index (χ1n) is 10.8. The number of nitrogens with one attached hydrogen (secondary N) is 3. The van der Waals surface area contributed by atoms with Crippen molar-refractivity contribution in [2.24, 2.45) is 4.99 Å². The lowest BCUT2D eigenvalue weighted by molar-refractivity contribution is -0.116. The van der Waals surface area contributed by atoms with E-state index in [2.05, 4.69) is 26.9 Å². The molecule has 7 nitrogen and oxygen atoms in total. The number of aliphatic imine (C=N–C) groups is 1. The zero-order chi connectivity index (χ0) is 22.1. The minimum Gasteiger partial charge on any atom is -0.492 e. The molecular formula is C24H33N5O2. The van der Waals surface area contributed by atoms with Crippen LogP contribution in [0.3, 0.4) is 0 Å². The van der Waals surface area contributed by atoms with Crippen molar-refractivity contribution in [1.29, 1.82) is 0 Å². The molecule has 1 atom stereocenters. The average Bonchev–Trinajstić information content (AvgIpc) is 2.76. The molecule has 2 aromatic carbocycles. The smallest absolute Gasteiger partial charge is 0.225 e. The maximum atomic E-state index is 12.1. The molecule has 0 bridgehead atoms. The minimum atomic E-state index is 0.0521. The second kappa shape index (κ2) is 11.4. The SMILES string of the molecule is CCNC(=NCc1ccccc1OCCN(C)C)NCC1CC(=O)Nc2ccccc21. The van der Waals surface area contributed by atoms with E-state index in [0.717, 1.165) is 41.6 Å². The molecule has 0 spiro atoms. The third kappa shape index (κ3) is 6.72. The van der Waals surface area contributed by atoms with Gasteiger partial charge in [-0.25, -0.2) is 4.99 Å². The molecule has 1 unspecified atom stereocenters. The van der Waals surface area contributed by atoms with E-state index in [1.54, 1.807) is 0 Å². The van der Waals surface area contributed by atoms with Crippen LogP contribution in [0.5, 0.6) is 5.75 Å². The summed E-state index contributed by atoms with van der Waals surface area (Å²) in [5.74, 6) is 1.75. The number of nitrogens with zero attached hydrogens (tertiary/aromatic N) is 2. The Morgan fingerprint density at radius 2 is 1.94 bits per heavy atom. The van der Waals surface area contributed by atoms with Crippen molar-refractivity contribution in [3.8, 4) is 5.75 Å². The summed E-state index contributed by atoms with van der Waals surface area (Å²) in [4.78, 5) is 18.9. The van der Waals surface area contributed by atoms with E-state index in [1.165, 1.54) is 0 Å². The molecule has 1 aliphatic heterocycles. The van der Waals surface area contributed by atoms with Crippen LogP contribution in [-0.4, -0.2) is 57.1 Å². The van der Waals surface area contributed by atoms with Crippen LogP contribution in [0.2, 0.25) is 0 Å². The van der Waals surface area contributed by atoms with Gasteiger partial charge in [-0.3, -0.25) is 4.79 Å². The van der Waals surface area contributed by atoms with Crippen LogP contribution in [0, 0.1) is 0 Å². The van der Waals surface area contributed by atoms with Gasteiger partial charge in [-0.05, 0) is 38.7 Å². The topological polar surface area (TPSA) is 78.0 Å². The summed E-state index contributed by atoms with van der Waals surface area (Å²) >= 11 is 0. The van der Waals surface area contributed by atoms with Crippen LogP contribution in [0.15, 0.2) is 53.5 Å². The molecular weight excluding hydrogens is 390 g/mol. The molecule has 1 amide bonds. The number of amides is 1. The summed E-state index contributed by atoms with van der Waals surface area (Å²) in [6, 6.07) is 16.0. The molecule has 0 radical (unpaired) electrons. The van der Waals surface area contributed by atoms with Crippen molar-refractivity contribution in [3.63, 3.8) is 0 Å². The molecule has 166 valence electrons. The van der Waals surface area contributed by atoms with Gasteiger partial charge in [0, 0.05) is 43.2 Å². The van der Waals surface area contributed by atoms with E-state index >= 15 is 0 Å². The van der Waals surface area contributed by atoms with Crippen LogP contribution < -0.4 is 20.7 Å². The Morgan fingerprint density at radius 1 is 1.16 bits per heavy atom. The first-order valence-corrected chi connectivity index (χ1v) is 10.8. The summed E-state index contributed by atoms with van der Waals surface area (Å²) in [7, 11) is 4.06. The van der Waals surface area contributed by atoms with Crippen molar-refractivity contribution < 1.29 is 9.53 Å². The van der Waals surface area contributed by atoms with E-state index in [-0.39, 0.29) is 11.8 Å². The molecule has 3 rings (SSSR count). The molecule has 1 heterocycles. The number of fused-ring (bicyclic) bond motifs is 1. The number of carbonyl (C=O) groups excluding carboxylic acids is 1. The van der Waals surface area contributed by atoms with Gasteiger partial charge in [0.1, 0.15) is 12.4 Å². The van der Waals surface area contributed by atoms with E-state index in [4.69, 9.17) is 9.73 Å². The maximum absolute atomic E-state index is 12.1. The Hall–Kier alpha value is -3.06. The third-order valence-electron chi connectivity index (χ3n) is 5.14. The lowest BCUT2D eigenvalue weighted by Gasteiger charge is -2.26. The number of guanidine groups is 1. The molecule has 1 aliphatic rings. The van der Waals surface area contributed by atoms with Gasteiger partial charge in [-0.1, -0.05) is 36.4 Å². The fourth-order valence-corrected chi connectivity index (χ4v) is 3.52. The zero-order valence-electron chi connectivity index (χ0n) is 18.6. The first kappa shape index (κ1) is 22.6. The normalized spacial score (nSPS) is 15.9. The highest BCUT2D eigenvalue weighted by Crippen LogP contribution is 2.31. The highest BCUT2D eigenvalue weighted by Gasteiger charge is 2.24. The van der Waals surface area contributed by atoms with Gasteiger partial charge in [0.25, 0.3) is 0 Å². The van der Waals surface area contributed by atoms with Crippen molar-refractivity contribution in [2.75, 3.05) is 45.7 Å². The number of hydrogen-bond donors (Lipinski definition) is 3. The molecule has 7 heteroatoms. The standard InChI is InChI=1S/C24H33N5O2/c1-4-25-24(26-16-18-9-5-8-12-22(18)31-14-13-29(2)3)27-17-19-15-23(30)28-21-11-7-6-10-20(19)21/h5-12,19H,4,13-17H2,1-3H3,(H,28,30)(H2,25,26,27). The molecule has 0 saturated heterocycles. The molecule has 3 N–H and O–H groups in total. The molecule has 0 saturated carbocycles. The summed E-state index contributed by atoms with van der Waals surface area (Å²) in [5, 5.41) is 9.66. The number of likely N-dealkylation sites (N-methyl/N-ethyl adjacent to an activating group) is 1. The third-order valence-corrected chi connectivity index (χ3v) is 5.14. The Kier molecular flexibility index (Phi) is 8.29. The lowest BCUT2D eigenvalue weighted by Crippen LogP contribution is -2.40. The van der Waals surface area contributed by atoms with Crippen LogP contribution in [0.4, 0.5) is 5.69 Å². The molecule has 2 aromatic rings. The Labute approximate surface area is 184 Å².